The Morgan fingerprint density at radius 3 is 2.57 bits per heavy atom. The van der Waals surface area contributed by atoms with E-state index in [-0.39, 0.29) is 17.8 Å². The molecule has 118 valence electrons. The standard InChI is InChI=1S/C17H14FNO4/c1-2-12(20)14-15(13-4-3-9-23-13)19(17(22)16(14)21)11-7-5-10(18)6-8-11/h3-9,15,21H,2H2,1H3. The zero-order valence-corrected chi connectivity index (χ0v) is 12.3. The number of amides is 1. The molecule has 1 aromatic heterocycles. The second-order valence-electron chi connectivity index (χ2n) is 5.11. The van der Waals surface area contributed by atoms with E-state index in [0.717, 1.165) is 0 Å². The molecule has 1 atom stereocenters. The van der Waals surface area contributed by atoms with Crippen LogP contribution < -0.4 is 4.90 Å². The average Bonchev–Trinajstić information content (AvgIpc) is 3.16. The van der Waals surface area contributed by atoms with Crippen molar-refractivity contribution in [3.8, 4) is 0 Å². The zero-order valence-electron chi connectivity index (χ0n) is 12.3. The molecular formula is C17H14FNO4. The predicted octanol–water partition coefficient (Wildman–Crippen LogP) is 3.30. The smallest absolute Gasteiger partial charge is 0.294 e. The maximum Gasteiger partial charge on any atom is 0.294 e. The molecule has 0 fully saturated rings. The van der Waals surface area contributed by atoms with Crippen molar-refractivity contribution >= 4 is 17.4 Å². The van der Waals surface area contributed by atoms with E-state index < -0.39 is 23.5 Å². The van der Waals surface area contributed by atoms with Gasteiger partial charge in [-0.1, -0.05) is 6.92 Å². The molecule has 1 aliphatic heterocycles. The lowest BCUT2D eigenvalue weighted by Gasteiger charge is -2.24. The van der Waals surface area contributed by atoms with Crippen LogP contribution in [0, 0.1) is 5.82 Å². The number of hydrogen-bond acceptors (Lipinski definition) is 4. The lowest BCUT2D eigenvalue weighted by molar-refractivity contribution is -0.118. The molecule has 3 rings (SSSR count). The first kappa shape index (κ1) is 15.0. The van der Waals surface area contributed by atoms with Gasteiger partial charge in [-0.2, -0.15) is 0 Å². The summed E-state index contributed by atoms with van der Waals surface area (Å²) in [5.41, 5.74) is 0.361. The third-order valence-electron chi connectivity index (χ3n) is 3.75. The Morgan fingerprint density at radius 1 is 1.30 bits per heavy atom. The van der Waals surface area contributed by atoms with Crippen LogP contribution in [-0.2, 0) is 9.59 Å². The number of furan rings is 1. The number of rotatable bonds is 4. The van der Waals surface area contributed by atoms with E-state index in [9.17, 15) is 19.1 Å². The van der Waals surface area contributed by atoms with Gasteiger partial charge in [0.15, 0.2) is 11.5 Å². The molecule has 0 bridgehead atoms. The Balaban J connectivity index is 2.14. The Labute approximate surface area is 131 Å². The molecule has 2 heterocycles. The van der Waals surface area contributed by atoms with E-state index in [0.29, 0.717) is 11.4 Å². The fraction of sp³-hybridized carbons (Fsp3) is 0.176. The number of benzene rings is 1. The first-order chi connectivity index (χ1) is 11.0. The van der Waals surface area contributed by atoms with Crippen LogP contribution in [0.5, 0.6) is 0 Å². The monoisotopic (exact) mass is 315 g/mol. The molecule has 0 radical (unpaired) electrons. The van der Waals surface area contributed by atoms with Crippen LogP contribution in [0.1, 0.15) is 25.1 Å². The van der Waals surface area contributed by atoms with Gasteiger partial charge in [0.25, 0.3) is 5.91 Å². The van der Waals surface area contributed by atoms with Crippen LogP contribution in [0.15, 0.2) is 58.4 Å². The summed E-state index contributed by atoms with van der Waals surface area (Å²) in [4.78, 5) is 25.9. The molecule has 0 aliphatic carbocycles. The number of hydrogen-bond donors (Lipinski definition) is 1. The molecule has 0 spiro atoms. The van der Waals surface area contributed by atoms with Crippen molar-refractivity contribution in [2.24, 2.45) is 0 Å². The summed E-state index contributed by atoms with van der Waals surface area (Å²) in [6.45, 7) is 1.65. The molecule has 5 nitrogen and oxygen atoms in total. The number of halogens is 1. The third kappa shape index (κ3) is 2.42. The van der Waals surface area contributed by atoms with E-state index >= 15 is 0 Å². The number of nitrogens with zero attached hydrogens (tertiary/aromatic N) is 1. The SMILES string of the molecule is CCC(=O)C1=C(O)C(=O)N(c2ccc(F)cc2)C1c1ccco1. The number of anilines is 1. The van der Waals surface area contributed by atoms with Gasteiger partial charge in [0.05, 0.1) is 11.8 Å². The van der Waals surface area contributed by atoms with Crippen LogP contribution in [0.4, 0.5) is 10.1 Å². The lowest BCUT2D eigenvalue weighted by atomic mass is 9.99. The highest BCUT2D eigenvalue weighted by molar-refractivity contribution is 6.16. The zero-order chi connectivity index (χ0) is 16.6. The summed E-state index contributed by atoms with van der Waals surface area (Å²) in [5.74, 6) is -1.75. The van der Waals surface area contributed by atoms with Gasteiger partial charge in [-0.3, -0.25) is 14.5 Å². The van der Waals surface area contributed by atoms with E-state index in [1.807, 2.05) is 0 Å². The second-order valence-corrected chi connectivity index (χ2v) is 5.11. The summed E-state index contributed by atoms with van der Waals surface area (Å²) in [6.07, 6.45) is 1.56. The first-order valence-corrected chi connectivity index (χ1v) is 7.13. The topological polar surface area (TPSA) is 70.8 Å². The van der Waals surface area contributed by atoms with Gasteiger partial charge in [0, 0.05) is 12.1 Å². The van der Waals surface area contributed by atoms with Crippen molar-refractivity contribution in [1.29, 1.82) is 0 Å². The summed E-state index contributed by atoms with van der Waals surface area (Å²) >= 11 is 0. The maximum atomic E-state index is 13.1. The number of aliphatic hydroxyl groups excluding tert-OH is 1. The van der Waals surface area contributed by atoms with Crippen LogP contribution in [-0.4, -0.2) is 16.8 Å². The van der Waals surface area contributed by atoms with E-state index in [2.05, 4.69) is 0 Å². The van der Waals surface area contributed by atoms with E-state index in [1.54, 1.807) is 19.1 Å². The molecule has 1 aliphatic rings. The Hall–Kier alpha value is -2.89. The number of carbonyl (C=O) groups excluding carboxylic acids is 2. The maximum absolute atomic E-state index is 13.1. The van der Waals surface area contributed by atoms with Crippen molar-refractivity contribution in [3.63, 3.8) is 0 Å². The number of aliphatic hydroxyl groups is 1. The summed E-state index contributed by atoms with van der Waals surface area (Å²) in [6, 6.07) is 7.63. The Kier molecular flexibility index (Phi) is 3.73. The Bertz CT molecular complexity index is 777. The molecule has 1 amide bonds. The fourth-order valence-corrected chi connectivity index (χ4v) is 2.66. The number of carbonyl (C=O) groups is 2. The summed E-state index contributed by atoms with van der Waals surface area (Å²) < 4.78 is 18.5. The summed E-state index contributed by atoms with van der Waals surface area (Å²) in [5, 5.41) is 10.2. The third-order valence-corrected chi connectivity index (χ3v) is 3.75. The first-order valence-electron chi connectivity index (χ1n) is 7.13. The highest BCUT2D eigenvalue weighted by Crippen LogP contribution is 2.41. The van der Waals surface area contributed by atoms with Crippen molar-refractivity contribution in [1.82, 2.24) is 0 Å². The van der Waals surface area contributed by atoms with E-state index in [4.69, 9.17) is 4.42 Å². The highest BCUT2D eigenvalue weighted by Gasteiger charge is 2.45. The molecule has 0 saturated carbocycles. The Morgan fingerprint density at radius 2 is 2.00 bits per heavy atom. The molecule has 6 heteroatoms. The van der Waals surface area contributed by atoms with Crippen LogP contribution in [0.2, 0.25) is 0 Å². The summed E-state index contributed by atoms with van der Waals surface area (Å²) in [7, 11) is 0. The van der Waals surface area contributed by atoms with Gasteiger partial charge < -0.3 is 9.52 Å². The number of ketones is 1. The largest absolute Gasteiger partial charge is 0.503 e. The predicted molar refractivity (Wildman–Crippen MR) is 80.3 cm³/mol. The van der Waals surface area contributed by atoms with Crippen LogP contribution in [0.25, 0.3) is 0 Å². The molecule has 0 saturated heterocycles. The van der Waals surface area contributed by atoms with Crippen molar-refractivity contribution in [2.45, 2.75) is 19.4 Å². The molecule has 1 unspecified atom stereocenters. The second kappa shape index (κ2) is 5.72. The number of Topliss-reactive ketones (excluding diaryl/α,β-unsaturated/α-hetero) is 1. The van der Waals surface area contributed by atoms with Gasteiger partial charge in [-0.25, -0.2) is 4.39 Å². The van der Waals surface area contributed by atoms with Gasteiger partial charge in [-0.05, 0) is 36.4 Å². The lowest BCUT2D eigenvalue weighted by Crippen LogP contribution is -2.30. The molecule has 23 heavy (non-hydrogen) atoms. The van der Waals surface area contributed by atoms with Crippen LogP contribution in [0.3, 0.4) is 0 Å². The fourth-order valence-electron chi connectivity index (χ4n) is 2.66. The molecular weight excluding hydrogens is 301 g/mol. The molecule has 1 N–H and O–H groups in total. The highest BCUT2D eigenvalue weighted by atomic mass is 19.1. The van der Waals surface area contributed by atoms with Crippen molar-refractivity contribution in [3.05, 3.63) is 65.6 Å². The van der Waals surface area contributed by atoms with E-state index in [1.165, 1.54) is 35.4 Å². The average molecular weight is 315 g/mol. The minimum atomic E-state index is -0.865. The van der Waals surface area contributed by atoms with Gasteiger partial charge in [0.2, 0.25) is 0 Å². The molecule has 1 aromatic carbocycles. The van der Waals surface area contributed by atoms with Gasteiger partial charge >= 0.3 is 0 Å². The van der Waals surface area contributed by atoms with Crippen molar-refractivity contribution < 1.29 is 23.5 Å². The minimum Gasteiger partial charge on any atom is -0.503 e. The van der Waals surface area contributed by atoms with Crippen LogP contribution >= 0.6 is 0 Å². The van der Waals surface area contributed by atoms with Gasteiger partial charge in [-0.15, -0.1) is 0 Å². The minimum absolute atomic E-state index is 0.00299. The van der Waals surface area contributed by atoms with Gasteiger partial charge in [0.1, 0.15) is 17.6 Å². The normalized spacial score (nSPS) is 17.9. The quantitative estimate of drug-likeness (QED) is 0.939. The molecule has 2 aromatic rings. The van der Waals surface area contributed by atoms with Crippen molar-refractivity contribution in [2.75, 3.05) is 4.90 Å².